The van der Waals surface area contributed by atoms with Gasteiger partial charge in [-0.15, -0.1) is 0 Å². The van der Waals surface area contributed by atoms with Crippen molar-refractivity contribution in [1.82, 2.24) is 4.90 Å². The van der Waals surface area contributed by atoms with E-state index in [9.17, 15) is 19.8 Å². The van der Waals surface area contributed by atoms with Crippen LogP contribution in [-0.4, -0.2) is 141 Å². The molecular weight excluding hydrogens is 650 g/mol. The zero-order valence-corrected chi connectivity index (χ0v) is 31.4. The van der Waals surface area contributed by atoms with Gasteiger partial charge in [0.05, 0.1) is 31.0 Å². The van der Waals surface area contributed by atoms with Crippen molar-refractivity contribution in [1.29, 1.82) is 0 Å². The van der Waals surface area contributed by atoms with E-state index in [0.717, 1.165) is 0 Å². The molecule has 0 saturated carbocycles. The molecule has 0 spiro atoms. The van der Waals surface area contributed by atoms with Gasteiger partial charge in [0.1, 0.15) is 36.6 Å². The average molecular weight is 712 g/mol. The molecule has 0 amide bonds. The monoisotopic (exact) mass is 711 g/mol. The third-order valence-electron chi connectivity index (χ3n) is 10.7. The zero-order valence-electron chi connectivity index (χ0n) is 31.4. The summed E-state index contributed by atoms with van der Waals surface area (Å²) in [5.41, 5.74) is 0. The van der Waals surface area contributed by atoms with E-state index >= 15 is 0 Å². The van der Waals surface area contributed by atoms with Gasteiger partial charge in [-0.05, 0) is 65.3 Å². The summed E-state index contributed by atoms with van der Waals surface area (Å²) in [7, 11) is 6.85. The van der Waals surface area contributed by atoms with E-state index in [1.54, 1.807) is 25.2 Å². The van der Waals surface area contributed by atoms with Gasteiger partial charge >= 0.3 is 5.97 Å². The molecule has 0 radical (unpaired) electrons. The Bertz CT molecular complexity index is 1170. The molecule has 13 heteroatoms. The SMILES string of the molecule is CCC1OC(=O)/C=C\[C@H](C)[C@@H](O[C@@H]2OC(C)C[C@H](N(C)C)[C@H]2O)[C@@H](C)C[C@@H](C)C(=O)/C=C\[C@H]2O[C@H]2[C@@H]1CO[C@@H]1O[C@H](C)[C@@H](O)[C@@H](OC)[C@H]1OC. The lowest BCUT2D eigenvalue weighted by atomic mass is 9.84. The molecule has 0 bridgehead atoms. The van der Waals surface area contributed by atoms with Gasteiger partial charge in [-0.1, -0.05) is 33.8 Å². The molecule has 3 saturated heterocycles. The standard InChI is InChI=1S/C37H61NO12/c1-11-27-24(18-45-37-35(44-10)34(43-9)30(41)23(6)47-37)33-28(49-33)14-13-26(39)20(3)16-21(4)32(19(2)12-15-29(40)48-27)50-36-31(42)25(38(7)8)17-22(5)46-36/h12-15,19-25,27-28,30-37,41-42H,11,16-18H2,1-10H3/b14-13-,15-12-/t19-,20+,21-,22?,23+,24+,25-,27?,28+,30+,31+,32+,33-,34+,35+,36-,37+/m0/s1. The maximum absolute atomic E-state index is 13.4. The number of aliphatic hydroxyl groups is 2. The maximum atomic E-state index is 13.4. The van der Waals surface area contributed by atoms with Crippen molar-refractivity contribution in [2.75, 3.05) is 34.9 Å². The number of allylic oxidation sites excluding steroid dienone is 1. The number of hydrogen-bond donors (Lipinski definition) is 2. The lowest BCUT2D eigenvalue weighted by Crippen LogP contribution is -2.59. The molecule has 4 aliphatic rings. The fraction of sp³-hybridized carbons (Fsp3) is 0.838. The average Bonchev–Trinajstić information content (AvgIpc) is 3.85. The summed E-state index contributed by atoms with van der Waals surface area (Å²) in [6, 6.07) is -0.144. The first-order valence-corrected chi connectivity index (χ1v) is 18.1. The molecule has 4 aliphatic heterocycles. The molecule has 0 aliphatic carbocycles. The summed E-state index contributed by atoms with van der Waals surface area (Å²) in [5.74, 6) is -1.66. The molecule has 3 fully saturated rings. The quantitative estimate of drug-likeness (QED) is 0.266. The third kappa shape index (κ3) is 10.00. The van der Waals surface area contributed by atoms with Crippen LogP contribution in [0.2, 0.25) is 0 Å². The number of methoxy groups -OCH3 is 2. The Morgan fingerprint density at radius 1 is 0.860 bits per heavy atom. The number of epoxide rings is 1. The third-order valence-corrected chi connectivity index (χ3v) is 10.7. The maximum Gasteiger partial charge on any atom is 0.330 e. The van der Waals surface area contributed by atoms with Gasteiger partial charge in [0.25, 0.3) is 0 Å². The van der Waals surface area contributed by atoms with Crippen LogP contribution < -0.4 is 0 Å². The van der Waals surface area contributed by atoms with Crippen LogP contribution in [0.5, 0.6) is 0 Å². The Kier molecular flexibility index (Phi) is 15.0. The first-order chi connectivity index (χ1) is 23.7. The number of aliphatic hydroxyl groups excluding tert-OH is 2. The summed E-state index contributed by atoms with van der Waals surface area (Å²) in [4.78, 5) is 28.7. The van der Waals surface area contributed by atoms with Crippen molar-refractivity contribution < 1.29 is 57.7 Å². The number of likely N-dealkylation sites (N-methyl/N-ethyl adjacent to an activating group) is 1. The fourth-order valence-corrected chi connectivity index (χ4v) is 7.64. The van der Waals surface area contributed by atoms with Crippen molar-refractivity contribution in [3.05, 3.63) is 24.3 Å². The molecule has 2 N–H and O–H groups in total. The number of ether oxygens (including phenoxy) is 8. The lowest BCUT2D eigenvalue weighted by Gasteiger charge is -2.43. The Hall–Kier alpha value is -1.78. The fourth-order valence-electron chi connectivity index (χ4n) is 7.64. The summed E-state index contributed by atoms with van der Waals surface area (Å²) in [5, 5.41) is 21.8. The van der Waals surface area contributed by atoms with Crippen LogP contribution in [-0.2, 0) is 47.5 Å². The molecule has 0 aromatic carbocycles. The molecule has 2 unspecified atom stereocenters. The van der Waals surface area contributed by atoms with Crippen molar-refractivity contribution in [2.24, 2.45) is 23.7 Å². The minimum Gasteiger partial charge on any atom is -0.459 e. The van der Waals surface area contributed by atoms with E-state index in [0.29, 0.717) is 19.3 Å². The predicted molar refractivity (Wildman–Crippen MR) is 183 cm³/mol. The Labute approximate surface area is 297 Å². The minimum atomic E-state index is -0.904. The topological polar surface area (TPSA) is 155 Å². The summed E-state index contributed by atoms with van der Waals surface area (Å²) < 4.78 is 48.1. The predicted octanol–water partition coefficient (Wildman–Crippen LogP) is 2.65. The zero-order chi connectivity index (χ0) is 36.9. The van der Waals surface area contributed by atoms with E-state index in [1.807, 2.05) is 53.6 Å². The highest BCUT2D eigenvalue weighted by molar-refractivity contribution is 5.91. The van der Waals surface area contributed by atoms with E-state index in [2.05, 4.69) is 0 Å². The van der Waals surface area contributed by atoms with Gasteiger partial charge in [-0.3, -0.25) is 4.79 Å². The number of fused-ring (bicyclic) bond motifs is 1. The second-order valence-corrected chi connectivity index (χ2v) is 14.8. The first-order valence-electron chi connectivity index (χ1n) is 18.1. The highest BCUT2D eigenvalue weighted by Crippen LogP contribution is 2.37. The largest absolute Gasteiger partial charge is 0.459 e. The molecule has 286 valence electrons. The Morgan fingerprint density at radius 3 is 2.20 bits per heavy atom. The van der Waals surface area contributed by atoms with Crippen molar-refractivity contribution in [2.45, 2.75) is 140 Å². The van der Waals surface area contributed by atoms with Gasteiger partial charge < -0.3 is 53.0 Å². The number of carbonyl (C=O) groups is 2. The van der Waals surface area contributed by atoms with E-state index < -0.39 is 67.2 Å². The first kappa shape index (κ1) is 41.0. The molecule has 13 nitrogen and oxygen atoms in total. The second kappa shape index (κ2) is 18.3. The van der Waals surface area contributed by atoms with Crippen LogP contribution in [0.1, 0.15) is 60.8 Å². The highest BCUT2D eigenvalue weighted by atomic mass is 16.7. The van der Waals surface area contributed by atoms with Crippen LogP contribution in [0.3, 0.4) is 0 Å². The number of esters is 1. The summed E-state index contributed by atoms with van der Waals surface area (Å²) in [6.07, 6.45) is 0.848. The van der Waals surface area contributed by atoms with E-state index in [-0.39, 0.29) is 54.5 Å². The van der Waals surface area contributed by atoms with E-state index in [1.165, 1.54) is 20.3 Å². The Balaban J connectivity index is 1.56. The van der Waals surface area contributed by atoms with Crippen LogP contribution in [0.25, 0.3) is 0 Å². The number of cyclic esters (lactones) is 1. The number of carbonyl (C=O) groups excluding carboxylic acids is 2. The summed E-state index contributed by atoms with van der Waals surface area (Å²) >= 11 is 0. The lowest BCUT2D eigenvalue weighted by molar-refractivity contribution is -0.305. The Morgan fingerprint density at radius 2 is 1.56 bits per heavy atom. The van der Waals surface area contributed by atoms with Gasteiger partial charge in [0.2, 0.25) is 0 Å². The molecule has 4 rings (SSSR count). The highest BCUT2D eigenvalue weighted by Gasteiger charge is 2.50. The molecule has 4 heterocycles. The number of ketones is 1. The van der Waals surface area contributed by atoms with Crippen LogP contribution in [0.4, 0.5) is 0 Å². The summed E-state index contributed by atoms with van der Waals surface area (Å²) in [6.45, 7) is 11.6. The van der Waals surface area contributed by atoms with Crippen molar-refractivity contribution in [3.63, 3.8) is 0 Å². The van der Waals surface area contributed by atoms with Crippen LogP contribution in [0, 0.1) is 23.7 Å². The molecule has 0 aromatic rings. The molecular formula is C37H61NO12. The van der Waals surface area contributed by atoms with Crippen molar-refractivity contribution >= 4 is 11.8 Å². The van der Waals surface area contributed by atoms with E-state index in [4.69, 9.17) is 37.9 Å². The van der Waals surface area contributed by atoms with Crippen molar-refractivity contribution in [3.8, 4) is 0 Å². The minimum absolute atomic E-state index is 0.0293. The number of rotatable bonds is 9. The molecule has 0 aromatic heterocycles. The second-order valence-electron chi connectivity index (χ2n) is 14.8. The van der Waals surface area contributed by atoms with Gasteiger partial charge in [0.15, 0.2) is 18.4 Å². The molecule has 17 atom stereocenters. The van der Waals surface area contributed by atoms with Gasteiger partial charge in [-0.25, -0.2) is 4.79 Å². The number of hydrogen-bond acceptors (Lipinski definition) is 13. The normalized spacial score (nSPS) is 46.2. The van der Waals surface area contributed by atoms with Gasteiger partial charge in [-0.2, -0.15) is 0 Å². The molecule has 50 heavy (non-hydrogen) atoms. The van der Waals surface area contributed by atoms with Gasteiger partial charge in [0, 0.05) is 44.1 Å². The van der Waals surface area contributed by atoms with Crippen LogP contribution in [0.15, 0.2) is 24.3 Å². The van der Waals surface area contributed by atoms with Crippen LogP contribution >= 0.6 is 0 Å². The number of nitrogens with zero attached hydrogens (tertiary/aromatic N) is 1. The smallest absolute Gasteiger partial charge is 0.330 e.